The Labute approximate surface area is 92.5 Å². The van der Waals surface area contributed by atoms with Crippen LogP contribution in [0.4, 0.5) is 0 Å². The zero-order chi connectivity index (χ0) is 8.20. The molecule has 0 saturated heterocycles. The Morgan fingerprint density at radius 3 is 2.18 bits per heavy atom. The van der Waals surface area contributed by atoms with Crippen molar-refractivity contribution in [2.75, 3.05) is 12.4 Å². The third-order valence-corrected chi connectivity index (χ3v) is 1.29. The summed E-state index contributed by atoms with van der Waals surface area (Å²) >= 11 is -1.98. The first-order valence-electron chi connectivity index (χ1n) is 3.11. The van der Waals surface area contributed by atoms with Gasteiger partial charge in [0.25, 0.3) is 0 Å². The normalized spacial score (nSPS) is 13.8. The Bertz CT molecular complexity index is 121. The van der Waals surface area contributed by atoms with Crippen LogP contribution in [0.15, 0.2) is 0 Å². The molecule has 0 aliphatic carbocycles. The van der Waals surface area contributed by atoms with Crippen molar-refractivity contribution in [3.05, 3.63) is 0 Å². The van der Waals surface area contributed by atoms with Crippen molar-refractivity contribution in [1.29, 1.82) is 0 Å². The van der Waals surface area contributed by atoms with Gasteiger partial charge in [0.05, 0.1) is 12.2 Å². The topological polar surface area (TPSA) is 49.4 Å². The molecule has 0 spiro atoms. The van der Waals surface area contributed by atoms with Crippen LogP contribution in [0.2, 0.25) is 0 Å². The number of hydrogen-bond donors (Lipinski definition) is 0. The van der Waals surface area contributed by atoms with Gasteiger partial charge in [0.1, 0.15) is 0 Å². The maximum Gasteiger partial charge on any atom is 1.00 e. The molecule has 0 radical (unpaired) electrons. The summed E-state index contributed by atoms with van der Waals surface area (Å²) in [4.78, 5) is 0. The summed E-state index contributed by atoms with van der Waals surface area (Å²) in [6.07, 6.45) is 0. The smallest absolute Gasteiger partial charge is 0.772 e. The van der Waals surface area contributed by atoms with Crippen molar-refractivity contribution in [1.82, 2.24) is 0 Å². The van der Waals surface area contributed by atoms with Crippen LogP contribution in [-0.4, -0.2) is 26.7 Å². The Hall–Kier alpha value is 1.07. The number of rotatable bonds is 3. The molecule has 62 valence electrons. The van der Waals surface area contributed by atoms with Crippen LogP contribution in [0.25, 0.3) is 0 Å². The first-order valence-corrected chi connectivity index (χ1v) is 4.36. The summed E-state index contributed by atoms with van der Waals surface area (Å²) in [6, 6.07) is 0. The van der Waals surface area contributed by atoms with Crippen molar-refractivity contribution < 1.29 is 43.1 Å². The monoisotopic (exact) mass is 188 g/mol. The van der Waals surface area contributed by atoms with Gasteiger partial charge >= 0.3 is 29.6 Å². The molecule has 1 unspecified atom stereocenters. The van der Waals surface area contributed by atoms with Crippen molar-refractivity contribution in [3.8, 4) is 0 Å². The minimum atomic E-state index is -1.98. The van der Waals surface area contributed by atoms with E-state index in [1.54, 1.807) is 0 Å². The second kappa shape index (κ2) is 6.57. The molecule has 0 amide bonds. The van der Waals surface area contributed by atoms with Crippen molar-refractivity contribution in [2.45, 2.75) is 26.4 Å². The van der Waals surface area contributed by atoms with Gasteiger partial charge in [-0.15, -0.1) is 0 Å². The average molecular weight is 188 g/mol. The molecule has 0 aliphatic rings. The van der Waals surface area contributed by atoms with Crippen LogP contribution in [0.1, 0.15) is 20.8 Å². The van der Waals surface area contributed by atoms with E-state index in [1.165, 1.54) is 0 Å². The predicted octanol–water partition coefficient (Wildman–Crippen LogP) is -2.32. The maximum absolute atomic E-state index is 10.0. The second-order valence-corrected chi connectivity index (χ2v) is 3.98. The second-order valence-electron chi connectivity index (χ2n) is 2.97. The summed E-state index contributed by atoms with van der Waals surface area (Å²) in [5.74, 6) is 0.0806. The molecular formula is C6H13NaO3S. The van der Waals surface area contributed by atoms with Crippen LogP contribution in [-0.2, 0) is 15.8 Å². The fourth-order valence-corrected chi connectivity index (χ4v) is 0.635. The predicted molar refractivity (Wildman–Crippen MR) is 39.5 cm³/mol. The van der Waals surface area contributed by atoms with E-state index in [4.69, 9.17) is 4.74 Å². The molecule has 0 fully saturated rings. The fraction of sp³-hybridized carbons (Fsp3) is 1.00. The molecule has 11 heavy (non-hydrogen) atoms. The molecule has 0 aliphatic heterocycles. The Balaban J connectivity index is 0. The minimum Gasteiger partial charge on any atom is -0.772 e. The molecular weight excluding hydrogens is 175 g/mol. The van der Waals surface area contributed by atoms with Gasteiger partial charge in [0.2, 0.25) is 0 Å². The van der Waals surface area contributed by atoms with Gasteiger partial charge in [-0.3, -0.25) is 4.21 Å². The van der Waals surface area contributed by atoms with Gasteiger partial charge in [0.15, 0.2) is 0 Å². The third-order valence-electron chi connectivity index (χ3n) is 0.785. The number of ether oxygens (including phenoxy) is 1. The molecule has 0 aromatic heterocycles. The van der Waals surface area contributed by atoms with Gasteiger partial charge in [0, 0.05) is 5.75 Å². The zero-order valence-electron chi connectivity index (χ0n) is 7.55. The van der Waals surface area contributed by atoms with Crippen LogP contribution >= 0.6 is 0 Å². The third kappa shape index (κ3) is 14.0. The van der Waals surface area contributed by atoms with Crippen molar-refractivity contribution in [2.24, 2.45) is 0 Å². The Morgan fingerprint density at radius 2 is 1.91 bits per heavy atom. The first kappa shape index (κ1) is 14.6. The summed E-state index contributed by atoms with van der Waals surface area (Å²) in [5.41, 5.74) is -0.237. The molecule has 0 aromatic rings. The van der Waals surface area contributed by atoms with Gasteiger partial charge in [-0.2, -0.15) is 0 Å². The van der Waals surface area contributed by atoms with E-state index >= 15 is 0 Å². The summed E-state index contributed by atoms with van der Waals surface area (Å²) in [5, 5.41) is 0. The van der Waals surface area contributed by atoms with E-state index in [0.29, 0.717) is 0 Å². The van der Waals surface area contributed by atoms with Crippen molar-refractivity contribution >= 4 is 11.1 Å². The Morgan fingerprint density at radius 1 is 1.45 bits per heavy atom. The Kier molecular flexibility index (Phi) is 8.71. The van der Waals surface area contributed by atoms with Gasteiger partial charge < -0.3 is 9.29 Å². The summed E-state index contributed by atoms with van der Waals surface area (Å²) in [7, 11) is 0. The minimum absolute atomic E-state index is 0. The quantitative estimate of drug-likeness (QED) is 0.369. The van der Waals surface area contributed by atoms with E-state index in [0.717, 1.165) is 0 Å². The SMILES string of the molecule is CC(C)(C)OCCS(=O)[O-].[Na+]. The molecule has 0 aromatic carbocycles. The fourth-order valence-electron chi connectivity index (χ4n) is 0.416. The molecule has 0 bridgehead atoms. The van der Waals surface area contributed by atoms with Crippen LogP contribution in [0, 0.1) is 0 Å². The molecule has 0 saturated carbocycles. The molecule has 0 N–H and O–H groups in total. The van der Waals surface area contributed by atoms with E-state index in [-0.39, 0.29) is 47.5 Å². The van der Waals surface area contributed by atoms with Gasteiger partial charge in [-0.1, -0.05) is 11.1 Å². The van der Waals surface area contributed by atoms with Crippen LogP contribution in [0.3, 0.4) is 0 Å². The van der Waals surface area contributed by atoms with E-state index in [1.807, 2.05) is 20.8 Å². The number of hydrogen-bond acceptors (Lipinski definition) is 3. The molecule has 1 atom stereocenters. The first-order chi connectivity index (χ1) is 4.42. The van der Waals surface area contributed by atoms with Crippen molar-refractivity contribution in [3.63, 3.8) is 0 Å². The summed E-state index contributed by atoms with van der Waals surface area (Å²) < 4.78 is 25.2. The average Bonchev–Trinajstić information content (AvgIpc) is 1.59. The standard InChI is InChI=1S/C6H14O3S.Na/c1-6(2,3)9-4-5-10(7)8;/h4-5H2,1-3H3,(H,7,8);/q;+1/p-1. The van der Waals surface area contributed by atoms with Crippen LogP contribution in [0.5, 0.6) is 0 Å². The summed E-state index contributed by atoms with van der Waals surface area (Å²) in [6.45, 7) is 5.95. The molecule has 3 nitrogen and oxygen atoms in total. The zero-order valence-corrected chi connectivity index (χ0v) is 10.4. The van der Waals surface area contributed by atoms with Gasteiger partial charge in [-0.25, -0.2) is 0 Å². The van der Waals surface area contributed by atoms with Crippen LogP contribution < -0.4 is 29.6 Å². The van der Waals surface area contributed by atoms with E-state index in [2.05, 4.69) is 0 Å². The maximum atomic E-state index is 10.0. The van der Waals surface area contributed by atoms with E-state index < -0.39 is 11.1 Å². The van der Waals surface area contributed by atoms with E-state index in [9.17, 15) is 8.76 Å². The van der Waals surface area contributed by atoms with Gasteiger partial charge in [-0.05, 0) is 20.8 Å². The largest absolute Gasteiger partial charge is 1.00 e. The molecule has 0 rings (SSSR count). The molecule has 5 heteroatoms. The molecule has 0 heterocycles.